The van der Waals surface area contributed by atoms with Crippen molar-refractivity contribution in [3.8, 4) is 11.4 Å². The molecule has 28 heavy (non-hydrogen) atoms. The van der Waals surface area contributed by atoms with Crippen molar-refractivity contribution in [1.82, 2.24) is 24.9 Å². The highest BCUT2D eigenvalue weighted by molar-refractivity contribution is 6.39. The summed E-state index contributed by atoms with van der Waals surface area (Å²) in [7, 11) is 3.79. The van der Waals surface area contributed by atoms with Gasteiger partial charge in [-0.1, -0.05) is 29.3 Å². The fourth-order valence-electron chi connectivity index (χ4n) is 2.81. The van der Waals surface area contributed by atoms with E-state index in [0.29, 0.717) is 39.0 Å². The normalized spacial score (nSPS) is 11.0. The molecule has 2 N–H and O–H groups in total. The maximum atomic E-state index is 6.33. The Morgan fingerprint density at radius 3 is 2.50 bits per heavy atom. The number of imidazole rings is 1. The third-order valence-corrected chi connectivity index (χ3v) is 4.72. The molecule has 0 fully saturated rings. The van der Waals surface area contributed by atoms with Gasteiger partial charge >= 0.3 is 0 Å². The number of H-pyrrole nitrogens is 1. The second kappa shape index (κ2) is 7.26. The van der Waals surface area contributed by atoms with Crippen LogP contribution in [0.4, 0.5) is 17.6 Å². The Morgan fingerprint density at radius 1 is 1.04 bits per heavy atom. The molecule has 0 saturated heterocycles. The number of pyridine rings is 1. The molecule has 0 aliphatic heterocycles. The molecule has 0 spiro atoms. The molecule has 0 aliphatic carbocycles. The van der Waals surface area contributed by atoms with E-state index in [-0.39, 0.29) is 0 Å². The van der Waals surface area contributed by atoms with Crippen molar-refractivity contribution in [1.29, 1.82) is 0 Å². The van der Waals surface area contributed by atoms with Gasteiger partial charge in [-0.05, 0) is 25.1 Å². The van der Waals surface area contributed by atoms with Crippen LogP contribution in [0.3, 0.4) is 0 Å². The highest BCUT2D eigenvalue weighted by atomic mass is 35.5. The third-order valence-electron chi connectivity index (χ3n) is 4.09. The molecular formula is C19H17Cl2N7. The quantitative estimate of drug-likeness (QED) is 0.497. The Labute approximate surface area is 171 Å². The number of aromatic amines is 1. The molecule has 4 aromatic rings. The van der Waals surface area contributed by atoms with E-state index < -0.39 is 0 Å². The van der Waals surface area contributed by atoms with Crippen LogP contribution in [0.2, 0.25) is 10.0 Å². The predicted molar refractivity (Wildman–Crippen MR) is 114 cm³/mol. The van der Waals surface area contributed by atoms with Gasteiger partial charge in [0.15, 0.2) is 5.82 Å². The molecule has 0 atom stereocenters. The van der Waals surface area contributed by atoms with E-state index >= 15 is 0 Å². The maximum absolute atomic E-state index is 6.33. The largest absolute Gasteiger partial charge is 0.347 e. The van der Waals surface area contributed by atoms with E-state index in [2.05, 4.69) is 30.2 Å². The lowest BCUT2D eigenvalue weighted by Crippen LogP contribution is -2.14. The zero-order chi connectivity index (χ0) is 19.8. The van der Waals surface area contributed by atoms with Gasteiger partial charge in [-0.15, -0.1) is 0 Å². The minimum Gasteiger partial charge on any atom is -0.347 e. The Balaban J connectivity index is 1.79. The average molecular weight is 414 g/mol. The van der Waals surface area contributed by atoms with Crippen LogP contribution in [0.25, 0.3) is 22.4 Å². The molecule has 3 heterocycles. The Hall–Kier alpha value is -2.90. The van der Waals surface area contributed by atoms with Crippen LogP contribution in [0, 0.1) is 6.92 Å². The van der Waals surface area contributed by atoms with Gasteiger partial charge in [0.2, 0.25) is 5.95 Å². The van der Waals surface area contributed by atoms with E-state index in [4.69, 9.17) is 23.2 Å². The van der Waals surface area contributed by atoms with Gasteiger partial charge in [-0.3, -0.25) is 0 Å². The summed E-state index contributed by atoms with van der Waals surface area (Å²) in [6.45, 7) is 1.92. The van der Waals surface area contributed by atoms with Crippen LogP contribution < -0.4 is 10.2 Å². The molecule has 9 heteroatoms. The highest BCUT2D eigenvalue weighted by Crippen LogP contribution is 2.35. The van der Waals surface area contributed by atoms with Crippen molar-refractivity contribution in [2.75, 3.05) is 24.3 Å². The monoisotopic (exact) mass is 413 g/mol. The minimum absolute atomic E-state index is 0.524. The van der Waals surface area contributed by atoms with Crippen molar-refractivity contribution in [3.63, 3.8) is 0 Å². The number of benzene rings is 1. The Kier molecular flexibility index (Phi) is 4.78. The van der Waals surface area contributed by atoms with Gasteiger partial charge in [0.05, 0.1) is 21.1 Å². The second-order valence-corrected chi connectivity index (χ2v) is 7.26. The topological polar surface area (TPSA) is 82.6 Å². The molecule has 0 radical (unpaired) electrons. The van der Waals surface area contributed by atoms with Crippen LogP contribution in [0.5, 0.6) is 0 Å². The predicted octanol–water partition coefficient (Wildman–Crippen LogP) is 4.84. The van der Waals surface area contributed by atoms with E-state index in [1.807, 2.05) is 38.1 Å². The number of aromatic nitrogens is 5. The highest BCUT2D eigenvalue weighted by Gasteiger charge is 2.15. The summed E-state index contributed by atoms with van der Waals surface area (Å²) in [6, 6.07) is 9.03. The van der Waals surface area contributed by atoms with Gasteiger partial charge < -0.3 is 15.2 Å². The minimum atomic E-state index is 0.524. The van der Waals surface area contributed by atoms with Crippen LogP contribution in [-0.4, -0.2) is 39.0 Å². The molecule has 0 unspecified atom stereocenters. The second-order valence-electron chi connectivity index (χ2n) is 6.45. The van der Waals surface area contributed by atoms with Crippen LogP contribution >= 0.6 is 23.2 Å². The molecule has 0 bridgehead atoms. The smallest absolute Gasteiger partial charge is 0.226 e. The number of hydrogen-bond acceptors (Lipinski definition) is 6. The zero-order valence-electron chi connectivity index (χ0n) is 15.5. The molecular weight excluding hydrogens is 397 g/mol. The fourth-order valence-corrected chi connectivity index (χ4v) is 3.39. The van der Waals surface area contributed by atoms with Crippen molar-refractivity contribution < 1.29 is 0 Å². The molecule has 1 aromatic carbocycles. The first-order valence-electron chi connectivity index (χ1n) is 8.51. The number of fused-ring (bicyclic) bond motifs is 1. The van der Waals surface area contributed by atoms with E-state index in [1.165, 1.54) is 0 Å². The van der Waals surface area contributed by atoms with Crippen LogP contribution in [0.15, 0.2) is 36.5 Å². The first kappa shape index (κ1) is 18.5. The summed E-state index contributed by atoms with van der Waals surface area (Å²) in [4.78, 5) is 23.1. The molecule has 0 saturated carbocycles. The standard InChI is InChI=1S/C19H17Cl2N7/c1-10-9-14(26-19(23-10)28(2)3)25-18-16-13(7-8-22-18)24-17(27-16)15-11(20)5-4-6-12(15)21/h4-9H,1-3H3,(H,24,27)(H,22,23,25,26). The number of rotatable bonds is 4. The summed E-state index contributed by atoms with van der Waals surface area (Å²) in [5, 5.41) is 4.30. The zero-order valence-corrected chi connectivity index (χ0v) is 17.0. The Morgan fingerprint density at radius 2 is 1.79 bits per heavy atom. The lowest BCUT2D eigenvalue weighted by Gasteiger charge is -2.13. The number of hydrogen-bond donors (Lipinski definition) is 2. The number of anilines is 3. The maximum Gasteiger partial charge on any atom is 0.226 e. The van der Waals surface area contributed by atoms with Gasteiger partial charge in [0, 0.05) is 32.1 Å². The molecule has 0 aliphatic rings. The van der Waals surface area contributed by atoms with E-state index in [1.54, 1.807) is 24.4 Å². The lowest BCUT2D eigenvalue weighted by molar-refractivity contribution is 0.979. The molecule has 4 rings (SSSR count). The summed E-state index contributed by atoms with van der Waals surface area (Å²) in [5.41, 5.74) is 2.97. The summed E-state index contributed by atoms with van der Waals surface area (Å²) in [5.74, 6) is 2.43. The first-order valence-corrected chi connectivity index (χ1v) is 9.27. The van der Waals surface area contributed by atoms with Gasteiger partial charge in [-0.2, -0.15) is 4.98 Å². The van der Waals surface area contributed by atoms with Crippen molar-refractivity contribution >= 4 is 51.8 Å². The summed E-state index contributed by atoms with van der Waals surface area (Å²) in [6.07, 6.45) is 1.68. The van der Waals surface area contributed by atoms with Crippen LogP contribution in [-0.2, 0) is 0 Å². The summed E-state index contributed by atoms with van der Waals surface area (Å²) < 4.78 is 0. The van der Waals surface area contributed by atoms with Crippen molar-refractivity contribution in [2.24, 2.45) is 0 Å². The van der Waals surface area contributed by atoms with Gasteiger partial charge in [0.25, 0.3) is 0 Å². The van der Waals surface area contributed by atoms with Gasteiger partial charge in [-0.25, -0.2) is 15.0 Å². The molecule has 3 aromatic heterocycles. The molecule has 7 nitrogen and oxygen atoms in total. The van der Waals surface area contributed by atoms with Crippen LogP contribution in [0.1, 0.15) is 5.69 Å². The fraction of sp³-hybridized carbons (Fsp3) is 0.158. The number of nitrogens with zero attached hydrogens (tertiary/aromatic N) is 5. The van der Waals surface area contributed by atoms with E-state index in [9.17, 15) is 0 Å². The van der Waals surface area contributed by atoms with Crippen molar-refractivity contribution in [2.45, 2.75) is 6.92 Å². The molecule has 0 amide bonds. The number of aryl methyl sites for hydroxylation is 1. The lowest BCUT2D eigenvalue weighted by atomic mass is 10.2. The van der Waals surface area contributed by atoms with E-state index in [0.717, 1.165) is 16.7 Å². The Bertz CT molecular complexity index is 1150. The average Bonchev–Trinajstić information content (AvgIpc) is 3.06. The first-order chi connectivity index (χ1) is 13.4. The summed E-state index contributed by atoms with van der Waals surface area (Å²) >= 11 is 12.7. The number of halogens is 2. The molecule has 142 valence electrons. The third kappa shape index (κ3) is 3.46. The van der Waals surface area contributed by atoms with Gasteiger partial charge in [0.1, 0.15) is 17.2 Å². The SMILES string of the molecule is Cc1cc(Nc2nccc3nc(-c4c(Cl)cccc4Cl)[nH]c23)nc(N(C)C)n1. The van der Waals surface area contributed by atoms with Crippen molar-refractivity contribution in [3.05, 3.63) is 52.3 Å². The number of nitrogens with one attached hydrogen (secondary N) is 2.